The molecule has 41 heteroatoms. The number of hydrogen-bond donors (Lipinski definition) is 8. The number of rotatable bonds is 15. The fraction of sp³-hybridized carbons (Fsp3) is 0.0891. The van der Waals surface area contributed by atoms with Crippen LogP contribution in [0.15, 0.2) is 319 Å². The Hall–Kier alpha value is -12.1. The number of nitrogens with zero attached hydrogens (tertiary/aromatic N) is 14. The molecule has 7 aromatic carbocycles. The molecular formula is C101H73Br6Cl4F7N14O10. The number of methoxy groups -OCH3 is 1. The van der Waals surface area contributed by atoms with E-state index in [1.807, 2.05) is 182 Å². The maximum absolute atomic E-state index is 13.9. The fourth-order valence-electron chi connectivity index (χ4n) is 14.6. The minimum absolute atomic E-state index is 0.0526. The molecule has 21 aromatic rings. The van der Waals surface area contributed by atoms with Crippen molar-refractivity contribution in [2.45, 2.75) is 52.4 Å². The summed E-state index contributed by atoms with van der Waals surface area (Å²) >= 11 is 44.1. The van der Waals surface area contributed by atoms with Crippen LogP contribution in [0.4, 0.5) is 30.7 Å². The molecule has 0 amide bonds. The molecule has 0 aliphatic rings. The molecule has 726 valence electrons. The van der Waals surface area contributed by atoms with Crippen LogP contribution in [-0.4, -0.2) is 126 Å². The summed E-state index contributed by atoms with van der Waals surface area (Å²) in [7, 11) is 1.63. The highest BCUT2D eigenvalue weighted by molar-refractivity contribution is 9.11. The normalized spacial score (nSPS) is 11.1. The van der Waals surface area contributed by atoms with Gasteiger partial charge in [0.1, 0.15) is 68.5 Å². The van der Waals surface area contributed by atoms with Gasteiger partial charge in [-0.25, -0.2) is 57.2 Å². The lowest BCUT2D eigenvalue weighted by molar-refractivity contribution is -0.192. The number of carbonyl (C=O) groups is 1. The summed E-state index contributed by atoms with van der Waals surface area (Å²) in [4.78, 5) is 40.4. The number of aliphatic hydroxyl groups excluding tert-OH is 7. The van der Waals surface area contributed by atoms with Gasteiger partial charge in [0.05, 0.1) is 143 Å². The van der Waals surface area contributed by atoms with Crippen LogP contribution in [0.2, 0.25) is 20.1 Å². The van der Waals surface area contributed by atoms with Gasteiger partial charge in [0.15, 0.2) is 0 Å². The van der Waals surface area contributed by atoms with Gasteiger partial charge in [-0.1, -0.05) is 139 Å². The third-order valence-corrected chi connectivity index (χ3v) is 25.1. The van der Waals surface area contributed by atoms with Crippen molar-refractivity contribution in [2.75, 3.05) is 7.11 Å². The van der Waals surface area contributed by atoms with Crippen LogP contribution in [0.1, 0.15) is 39.9 Å². The smallest absolute Gasteiger partial charge is 0.490 e. The zero-order valence-corrected chi connectivity index (χ0v) is 85.8. The monoisotopic (exact) mass is 2390 g/mol. The number of pyridine rings is 7. The molecule has 0 bridgehead atoms. The Morgan fingerprint density at radius 1 is 0.296 bits per heavy atom. The predicted octanol–water partition coefficient (Wildman–Crippen LogP) is 25.8. The van der Waals surface area contributed by atoms with Gasteiger partial charge in [-0.3, -0.25) is 30.8 Å². The number of aromatic nitrogens is 14. The molecule has 0 radical (unpaired) electrons. The number of aliphatic carboxylic acids is 1. The third-order valence-electron chi connectivity index (χ3n) is 21.2. The molecule has 14 aromatic heterocycles. The van der Waals surface area contributed by atoms with Crippen molar-refractivity contribution in [3.63, 3.8) is 0 Å². The fourth-order valence-corrected chi connectivity index (χ4v) is 17.1. The number of carboxylic acid groups (broad SMARTS) is 1. The third kappa shape index (κ3) is 25.2. The quantitative estimate of drug-likeness (QED) is 0.0442. The van der Waals surface area contributed by atoms with Crippen molar-refractivity contribution in [2.24, 2.45) is 0 Å². The van der Waals surface area contributed by atoms with Gasteiger partial charge in [-0.2, -0.15) is 13.2 Å². The van der Waals surface area contributed by atoms with Gasteiger partial charge < -0.3 is 45.6 Å². The van der Waals surface area contributed by atoms with Crippen LogP contribution in [0.5, 0.6) is 5.75 Å². The SMILES string of the molecule is COc1cccc(-c2nc3ccc(Br)cn3c2CO)c1.O=C(O)C(F)(F)F.OCc1c(-c2ccc(Br)cc2)nc2ccc(Br)cn12.OCc1c(-c2ccc(Br)cc2)nc2ccc(Cl)cn12.OCc1c(-c2ccc(Cl)cc2)nc2ccc(Cl)cn12.OCc1c(-c2ccc(Cl)cc2)nc2ccc(F)cn12.OCc1c(-c2ccc(F)cc2)nc2ccc(Br)cn12.OCc1c(-c2ccc(F)cc2F)nc2ccc(Br)cn12. The lowest BCUT2D eigenvalue weighted by Crippen LogP contribution is -2.21. The first-order valence-electron chi connectivity index (χ1n) is 41.8. The van der Waals surface area contributed by atoms with Crippen LogP contribution in [0, 0.1) is 23.3 Å². The lowest BCUT2D eigenvalue weighted by atomic mass is 10.1. The maximum atomic E-state index is 13.9. The molecule has 0 aliphatic carbocycles. The zero-order valence-electron chi connectivity index (χ0n) is 73.2. The number of halogens is 17. The van der Waals surface area contributed by atoms with E-state index in [1.165, 1.54) is 36.5 Å². The first-order chi connectivity index (χ1) is 68.2. The molecule has 24 nitrogen and oxygen atoms in total. The Morgan fingerprint density at radius 2 is 0.542 bits per heavy atom. The second kappa shape index (κ2) is 47.9. The van der Waals surface area contributed by atoms with E-state index in [9.17, 15) is 66.5 Å². The predicted molar refractivity (Wildman–Crippen MR) is 552 cm³/mol. The van der Waals surface area contributed by atoms with Crippen molar-refractivity contribution < 1.29 is 81.1 Å². The van der Waals surface area contributed by atoms with Gasteiger partial charge >= 0.3 is 12.1 Å². The van der Waals surface area contributed by atoms with Crippen molar-refractivity contribution in [1.82, 2.24) is 65.7 Å². The van der Waals surface area contributed by atoms with E-state index in [-0.39, 0.29) is 63.4 Å². The van der Waals surface area contributed by atoms with E-state index in [0.717, 1.165) is 140 Å². The molecule has 8 N–H and O–H groups in total. The van der Waals surface area contributed by atoms with Gasteiger partial charge in [-0.05, 0) is 246 Å². The molecule has 0 saturated carbocycles. The van der Waals surface area contributed by atoms with Crippen LogP contribution in [0.25, 0.3) is 118 Å². The van der Waals surface area contributed by atoms with E-state index in [4.69, 9.17) is 61.0 Å². The molecule has 14 heterocycles. The molecule has 0 saturated heterocycles. The Kier molecular flexibility index (Phi) is 35.6. The highest BCUT2D eigenvalue weighted by Gasteiger charge is 2.38. The van der Waals surface area contributed by atoms with Crippen LogP contribution in [0.3, 0.4) is 0 Å². The van der Waals surface area contributed by atoms with Crippen molar-refractivity contribution in [3.8, 4) is 84.6 Å². The van der Waals surface area contributed by atoms with Crippen molar-refractivity contribution in [1.29, 1.82) is 0 Å². The highest BCUT2D eigenvalue weighted by Crippen LogP contribution is 2.37. The standard InChI is InChI=1S/C15H13BrN2O2.C14H10Br2N2O.C14H10BrClN2O.C14H9BrF2N2O.C14H10BrFN2O.C14H10Cl2N2O.C14H10ClFN2O.C2HF3O2/c1-20-12-4-2-3-10(7-12)15-13(9-19)18-8-11(16)5-6-14(18)17-15;2*15-10-3-1-9(2-4-10)14-12(8-19)18-7-11(16)5-6-13(18)17-14;15-8-1-4-13-18-14(12(7-20)19(13)6-8)10-3-2-9(16)5-11(10)17;15-10-3-6-13-17-14(12(8-19)18(13)7-10)9-1-4-11(16)5-2-9;2*15-10-3-1-9(2-4-10)14-12(8-19)18-7-11(16)5-6-13(18)17-14;3-2(4,5)1(6)7/h2-8,19H,9H2,1H3;2*1-7,19H,8H2;1-6,20H,7H2;3*1-7,19H,8H2;(H,6,7). The number of imidazole rings is 7. The largest absolute Gasteiger partial charge is 0.497 e. The zero-order chi connectivity index (χ0) is 101. The van der Waals surface area contributed by atoms with Gasteiger partial charge in [0, 0.05) is 125 Å². The summed E-state index contributed by atoms with van der Waals surface area (Å²) in [6, 6.07) is 72.4. The van der Waals surface area contributed by atoms with Gasteiger partial charge in [0.25, 0.3) is 0 Å². The Balaban J connectivity index is 0.000000130. The summed E-state index contributed by atoms with van der Waals surface area (Å²) in [6.45, 7) is -0.990. The van der Waals surface area contributed by atoms with E-state index < -0.39 is 23.8 Å². The number of benzene rings is 7. The number of fused-ring (bicyclic) bond motifs is 7. The molecular weight excluding hydrogens is 2320 g/mol. The topological polar surface area (TPSA) is 309 Å². The van der Waals surface area contributed by atoms with Crippen molar-refractivity contribution in [3.05, 3.63) is 402 Å². The molecule has 0 unspecified atom stereocenters. The summed E-state index contributed by atoms with van der Waals surface area (Å²) in [6.07, 6.45) is 7.13. The number of aliphatic hydroxyl groups is 7. The number of ether oxygens (including phenoxy) is 1. The minimum Gasteiger partial charge on any atom is -0.497 e. The molecule has 0 aliphatic heterocycles. The first-order valence-corrected chi connectivity index (χ1v) is 48.1. The maximum Gasteiger partial charge on any atom is 0.490 e. The summed E-state index contributed by atoms with van der Waals surface area (Å²) < 4.78 is 108. The molecule has 142 heavy (non-hydrogen) atoms. The van der Waals surface area contributed by atoms with Crippen LogP contribution < -0.4 is 4.74 Å². The first kappa shape index (κ1) is 106. The Labute approximate surface area is 872 Å². The second-order valence-electron chi connectivity index (χ2n) is 30.2. The minimum atomic E-state index is -5.08. The van der Waals surface area contributed by atoms with Crippen LogP contribution >= 0.6 is 142 Å². The highest BCUT2D eigenvalue weighted by atomic mass is 79.9. The van der Waals surface area contributed by atoms with E-state index >= 15 is 0 Å². The average Bonchev–Trinajstić information content (AvgIpc) is 1.66. The van der Waals surface area contributed by atoms with Gasteiger partial charge in [-0.15, -0.1) is 0 Å². The molecule has 0 fully saturated rings. The molecule has 0 spiro atoms. The second-order valence-corrected chi connectivity index (χ2v) is 37.4. The van der Waals surface area contributed by atoms with E-state index in [2.05, 4.69) is 130 Å². The number of hydrogen-bond acceptors (Lipinski definition) is 16. The summed E-state index contributed by atoms with van der Waals surface area (Å²) in [5.74, 6) is -4.01. The number of carboxylic acids is 1. The molecule has 21 rings (SSSR count). The lowest BCUT2D eigenvalue weighted by Gasteiger charge is -2.04. The van der Waals surface area contributed by atoms with Crippen molar-refractivity contribution >= 4 is 187 Å². The molecule has 0 atom stereocenters. The van der Waals surface area contributed by atoms with Gasteiger partial charge in [0.2, 0.25) is 0 Å². The van der Waals surface area contributed by atoms with E-state index in [0.29, 0.717) is 71.2 Å². The van der Waals surface area contributed by atoms with E-state index in [1.54, 1.807) is 106 Å². The Morgan fingerprint density at radius 3 is 0.852 bits per heavy atom. The van der Waals surface area contributed by atoms with Crippen LogP contribution in [-0.2, 0) is 51.0 Å². The summed E-state index contributed by atoms with van der Waals surface area (Å²) in [5, 5.41) is 76.7. The summed E-state index contributed by atoms with van der Waals surface area (Å²) in [5.41, 5.74) is 20.0. The number of alkyl halides is 3. The average molecular weight is 2400 g/mol. The Bertz CT molecular complexity index is 7340.